The van der Waals surface area contributed by atoms with Crippen LogP contribution in [0, 0.1) is 29.1 Å². The van der Waals surface area contributed by atoms with Crippen LogP contribution in [-0.4, -0.2) is 35.4 Å². The standard InChI is InChI=1S/C25H38O5.2CH4/c1-6-25(4,5)24(28)30-21-12-15(2)11-17-8-7-16(3)20(23(17)21)10-9-19-13-18(26)14-22(27)29-19;;/h7-8,11,15-16,18-21,23,26H,6,9-10,12-14H2,1-5H3;2*1H4/t15-,16-,18+,19+,20-,21-,23-;;/m0../s1. The summed E-state index contributed by atoms with van der Waals surface area (Å²) in [4.78, 5) is 24.6. The van der Waals surface area contributed by atoms with Crippen molar-refractivity contribution in [2.24, 2.45) is 29.1 Å². The average Bonchev–Trinajstić information content (AvgIpc) is 2.66. The Morgan fingerprint density at radius 3 is 2.53 bits per heavy atom. The molecule has 0 saturated carbocycles. The molecule has 0 amide bonds. The highest BCUT2D eigenvalue weighted by atomic mass is 16.6. The zero-order chi connectivity index (χ0) is 22.1. The van der Waals surface area contributed by atoms with Crippen LogP contribution in [0.1, 0.15) is 88.0 Å². The van der Waals surface area contributed by atoms with Gasteiger partial charge in [0.1, 0.15) is 12.2 Å². The van der Waals surface area contributed by atoms with Gasteiger partial charge in [-0.15, -0.1) is 0 Å². The van der Waals surface area contributed by atoms with Gasteiger partial charge in [-0.05, 0) is 62.9 Å². The summed E-state index contributed by atoms with van der Waals surface area (Å²) in [6, 6.07) is 0. The van der Waals surface area contributed by atoms with E-state index < -0.39 is 11.5 Å². The van der Waals surface area contributed by atoms with Crippen LogP contribution in [0.3, 0.4) is 0 Å². The number of fused-ring (bicyclic) bond motifs is 1. The van der Waals surface area contributed by atoms with Crippen LogP contribution in [0.25, 0.3) is 0 Å². The molecule has 7 atom stereocenters. The van der Waals surface area contributed by atoms with Gasteiger partial charge in [-0.25, -0.2) is 0 Å². The molecule has 2 aliphatic carbocycles. The van der Waals surface area contributed by atoms with Gasteiger partial charge < -0.3 is 14.6 Å². The fraction of sp³-hybridized carbons (Fsp3) is 0.778. The quantitative estimate of drug-likeness (QED) is 0.513. The molecule has 184 valence electrons. The normalized spacial score (nSPS) is 34.2. The highest BCUT2D eigenvalue weighted by Gasteiger charge is 2.43. The van der Waals surface area contributed by atoms with Crippen molar-refractivity contribution in [3.05, 3.63) is 23.8 Å². The van der Waals surface area contributed by atoms with Crippen LogP contribution in [-0.2, 0) is 19.1 Å². The second-order valence-electron chi connectivity index (χ2n) is 10.3. The summed E-state index contributed by atoms with van der Waals surface area (Å²) in [5.74, 6) is 0.776. The average molecular weight is 451 g/mol. The Morgan fingerprint density at radius 1 is 1.22 bits per heavy atom. The molecule has 5 heteroatoms. The first-order valence-corrected chi connectivity index (χ1v) is 11.6. The van der Waals surface area contributed by atoms with Crippen molar-refractivity contribution >= 4 is 11.9 Å². The number of allylic oxidation sites excluding steroid dienone is 3. The summed E-state index contributed by atoms with van der Waals surface area (Å²) in [6.07, 6.45) is 9.61. The number of ether oxygens (including phenoxy) is 2. The predicted molar refractivity (Wildman–Crippen MR) is 129 cm³/mol. The van der Waals surface area contributed by atoms with E-state index in [0.717, 1.165) is 25.7 Å². The third-order valence-electron chi connectivity index (χ3n) is 7.35. The fourth-order valence-electron chi connectivity index (χ4n) is 5.08. The maximum Gasteiger partial charge on any atom is 0.311 e. The molecule has 0 radical (unpaired) electrons. The number of carbonyl (C=O) groups excluding carboxylic acids is 2. The molecule has 1 fully saturated rings. The van der Waals surface area contributed by atoms with Crippen molar-refractivity contribution in [1.82, 2.24) is 0 Å². The predicted octanol–water partition coefficient (Wildman–Crippen LogP) is 5.86. The molecule has 1 aliphatic heterocycles. The van der Waals surface area contributed by atoms with Crippen LogP contribution < -0.4 is 0 Å². The van der Waals surface area contributed by atoms with Crippen molar-refractivity contribution in [2.45, 2.75) is 106 Å². The first-order valence-electron chi connectivity index (χ1n) is 11.6. The second-order valence-corrected chi connectivity index (χ2v) is 10.3. The first-order chi connectivity index (χ1) is 14.1. The van der Waals surface area contributed by atoms with E-state index in [1.807, 2.05) is 20.8 Å². The number of esters is 2. The molecule has 1 N–H and O–H groups in total. The zero-order valence-corrected chi connectivity index (χ0v) is 19.1. The topological polar surface area (TPSA) is 72.8 Å². The van der Waals surface area contributed by atoms with Crippen molar-refractivity contribution in [3.63, 3.8) is 0 Å². The minimum absolute atomic E-state index is 0. The fourth-order valence-corrected chi connectivity index (χ4v) is 5.08. The van der Waals surface area contributed by atoms with Gasteiger partial charge in [-0.1, -0.05) is 53.9 Å². The molecule has 0 aromatic rings. The number of hydrogen-bond acceptors (Lipinski definition) is 5. The van der Waals surface area contributed by atoms with Gasteiger partial charge in [0, 0.05) is 12.3 Å². The molecular weight excluding hydrogens is 404 g/mol. The molecule has 0 bridgehead atoms. The van der Waals surface area contributed by atoms with E-state index in [1.165, 1.54) is 5.57 Å². The van der Waals surface area contributed by atoms with Crippen molar-refractivity contribution in [3.8, 4) is 0 Å². The van der Waals surface area contributed by atoms with E-state index in [1.54, 1.807) is 0 Å². The highest BCUT2D eigenvalue weighted by Crippen LogP contribution is 2.45. The summed E-state index contributed by atoms with van der Waals surface area (Å²) in [5, 5.41) is 9.92. The Balaban J connectivity index is 0.00000256. The molecule has 1 saturated heterocycles. The van der Waals surface area contributed by atoms with Gasteiger partial charge in [0.05, 0.1) is 17.9 Å². The van der Waals surface area contributed by atoms with Crippen LogP contribution in [0.15, 0.2) is 23.8 Å². The van der Waals surface area contributed by atoms with Gasteiger partial charge in [-0.2, -0.15) is 0 Å². The van der Waals surface area contributed by atoms with Gasteiger partial charge in [0.15, 0.2) is 0 Å². The summed E-state index contributed by atoms with van der Waals surface area (Å²) in [5.41, 5.74) is 0.785. The van der Waals surface area contributed by atoms with Gasteiger partial charge >= 0.3 is 11.9 Å². The van der Waals surface area contributed by atoms with Crippen LogP contribution >= 0.6 is 0 Å². The van der Waals surface area contributed by atoms with E-state index >= 15 is 0 Å². The number of rotatable bonds is 6. The Morgan fingerprint density at radius 2 is 1.91 bits per heavy atom. The lowest BCUT2D eigenvalue weighted by Gasteiger charge is -2.44. The summed E-state index contributed by atoms with van der Waals surface area (Å²) in [6.45, 7) is 10.3. The Bertz CT molecular complexity index is 707. The van der Waals surface area contributed by atoms with Crippen molar-refractivity contribution < 1.29 is 24.2 Å². The van der Waals surface area contributed by atoms with E-state index in [-0.39, 0.29) is 51.3 Å². The molecule has 32 heavy (non-hydrogen) atoms. The Hall–Kier alpha value is -1.62. The number of aliphatic hydroxyl groups excluding tert-OH is 1. The number of carbonyl (C=O) groups is 2. The third kappa shape index (κ3) is 6.46. The number of aliphatic hydroxyl groups is 1. The first kappa shape index (κ1) is 28.4. The molecule has 0 spiro atoms. The summed E-state index contributed by atoms with van der Waals surface area (Å²) < 4.78 is 11.6. The van der Waals surface area contributed by atoms with Crippen LogP contribution in [0.5, 0.6) is 0 Å². The van der Waals surface area contributed by atoms with Crippen molar-refractivity contribution in [1.29, 1.82) is 0 Å². The highest BCUT2D eigenvalue weighted by molar-refractivity contribution is 5.76. The lowest BCUT2D eigenvalue weighted by molar-refractivity contribution is -0.166. The maximum atomic E-state index is 12.9. The van der Waals surface area contributed by atoms with Gasteiger partial charge in [-0.3, -0.25) is 9.59 Å². The summed E-state index contributed by atoms with van der Waals surface area (Å²) in [7, 11) is 0. The Labute approximate surface area is 195 Å². The van der Waals surface area contributed by atoms with Crippen molar-refractivity contribution in [2.75, 3.05) is 0 Å². The van der Waals surface area contributed by atoms with Crippen LogP contribution in [0.2, 0.25) is 0 Å². The van der Waals surface area contributed by atoms with Crippen LogP contribution in [0.4, 0.5) is 0 Å². The van der Waals surface area contributed by atoms with Gasteiger partial charge in [0.25, 0.3) is 0 Å². The van der Waals surface area contributed by atoms with Gasteiger partial charge in [0.2, 0.25) is 0 Å². The second kappa shape index (κ2) is 11.5. The monoisotopic (exact) mass is 450 g/mol. The molecule has 3 aliphatic rings. The minimum atomic E-state index is -0.601. The molecule has 0 unspecified atom stereocenters. The smallest absolute Gasteiger partial charge is 0.311 e. The maximum absolute atomic E-state index is 12.9. The van der Waals surface area contributed by atoms with E-state index in [4.69, 9.17) is 9.47 Å². The number of hydrogen-bond donors (Lipinski definition) is 1. The summed E-state index contributed by atoms with van der Waals surface area (Å²) >= 11 is 0. The lowest BCUT2D eigenvalue weighted by atomic mass is 9.65. The molecular formula is C27H46O5. The zero-order valence-electron chi connectivity index (χ0n) is 19.1. The minimum Gasteiger partial charge on any atom is -0.462 e. The lowest BCUT2D eigenvalue weighted by Crippen LogP contribution is -2.43. The van der Waals surface area contributed by atoms with E-state index in [2.05, 4.69) is 32.1 Å². The molecule has 0 aromatic carbocycles. The Kier molecular flexibility index (Phi) is 10.2. The SMILES string of the molecule is C.C.CCC(C)(C)C(=O)O[C@H]1C[C@@H](C)C=C2C=C[C@H](C)[C@H](CC[C@@H]3C[C@@H](O)CC(=O)O3)[C@H]21. The molecule has 3 rings (SSSR count). The molecule has 0 aromatic heterocycles. The third-order valence-corrected chi connectivity index (χ3v) is 7.35. The van der Waals surface area contributed by atoms with E-state index in [9.17, 15) is 14.7 Å². The molecule has 1 heterocycles. The van der Waals surface area contributed by atoms with E-state index in [0.29, 0.717) is 24.2 Å². The molecule has 5 nitrogen and oxygen atoms in total. The number of cyclic esters (lactones) is 1. The largest absolute Gasteiger partial charge is 0.462 e.